The van der Waals surface area contributed by atoms with Gasteiger partial charge in [0.2, 0.25) is 0 Å². The van der Waals surface area contributed by atoms with Crippen LogP contribution < -0.4 is 5.32 Å². The second-order valence-corrected chi connectivity index (χ2v) is 6.75. The number of carbonyl (C=O) groups excluding carboxylic acids is 1. The van der Waals surface area contributed by atoms with Gasteiger partial charge in [0.25, 0.3) is 5.91 Å². The quantitative estimate of drug-likeness (QED) is 0.809. The molecule has 6 nitrogen and oxygen atoms in total. The van der Waals surface area contributed by atoms with Crippen LogP contribution in [0.4, 0.5) is 0 Å². The predicted molar refractivity (Wildman–Crippen MR) is 95.0 cm³/mol. The fourth-order valence-corrected chi connectivity index (χ4v) is 2.30. The number of carboxylic acid groups (broad SMARTS) is 1. The summed E-state index contributed by atoms with van der Waals surface area (Å²) in [5.41, 5.74) is 0.896. The van der Waals surface area contributed by atoms with Gasteiger partial charge in [-0.1, -0.05) is 6.07 Å². The van der Waals surface area contributed by atoms with Crippen molar-refractivity contribution in [1.82, 2.24) is 9.88 Å². The van der Waals surface area contributed by atoms with Crippen LogP contribution in [0.2, 0.25) is 0 Å². The molecule has 25 heavy (non-hydrogen) atoms. The first kappa shape index (κ1) is 18.7. The van der Waals surface area contributed by atoms with Crippen molar-refractivity contribution in [3.63, 3.8) is 0 Å². The van der Waals surface area contributed by atoms with Crippen molar-refractivity contribution in [3.8, 4) is 5.69 Å². The molecule has 2 rings (SSSR count). The van der Waals surface area contributed by atoms with Crippen LogP contribution >= 0.6 is 0 Å². The Hall–Kier alpha value is -2.60. The van der Waals surface area contributed by atoms with Crippen molar-refractivity contribution in [1.29, 1.82) is 0 Å². The van der Waals surface area contributed by atoms with Crippen molar-refractivity contribution in [2.75, 3.05) is 6.61 Å². The molecule has 0 fully saturated rings. The van der Waals surface area contributed by atoms with Crippen molar-refractivity contribution in [2.24, 2.45) is 0 Å². The lowest BCUT2D eigenvalue weighted by Gasteiger charge is -2.21. The van der Waals surface area contributed by atoms with Crippen LogP contribution in [-0.2, 0) is 9.53 Å². The number of carboxylic acids is 1. The summed E-state index contributed by atoms with van der Waals surface area (Å²) in [6.07, 6.45) is 3.96. The SMILES string of the molecule is CC(C)(C)OCCC(NC(=O)c1cccc(-n2cccc2)c1)C(=O)O. The minimum atomic E-state index is -1.08. The Morgan fingerprint density at radius 1 is 1.20 bits per heavy atom. The third-order valence-electron chi connectivity index (χ3n) is 3.56. The highest BCUT2D eigenvalue weighted by Crippen LogP contribution is 2.12. The normalized spacial score (nSPS) is 12.6. The number of rotatable bonds is 7. The Morgan fingerprint density at radius 3 is 2.48 bits per heavy atom. The van der Waals surface area contributed by atoms with E-state index in [9.17, 15) is 14.7 Å². The van der Waals surface area contributed by atoms with Gasteiger partial charge < -0.3 is 19.7 Å². The van der Waals surface area contributed by atoms with E-state index in [0.717, 1.165) is 5.69 Å². The molecule has 0 saturated carbocycles. The zero-order chi connectivity index (χ0) is 18.4. The molecular formula is C19H24N2O4. The van der Waals surface area contributed by atoms with E-state index < -0.39 is 17.9 Å². The molecule has 0 radical (unpaired) electrons. The molecule has 6 heteroatoms. The van der Waals surface area contributed by atoms with E-state index in [1.165, 1.54) is 0 Å². The maximum atomic E-state index is 12.4. The molecule has 1 atom stereocenters. The summed E-state index contributed by atoms with van der Waals surface area (Å²) >= 11 is 0. The Bertz CT molecular complexity index is 717. The number of aliphatic carboxylic acids is 1. The van der Waals surface area contributed by atoms with Crippen molar-refractivity contribution in [3.05, 3.63) is 54.4 Å². The Kier molecular flexibility index (Phi) is 5.98. The third-order valence-corrected chi connectivity index (χ3v) is 3.56. The van der Waals surface area contributed by atoms with Crippen LogP contribution in [-0.4, -0.2) is 39.8 Å². The highest BCUT2D eigenvalue weighted by Gasteiger charge is 2.22. The summed E-state index contributed by atoms with van der Waals surface area (Å²) in [7, 11) is 0. The minimum absolute atomic E-state index is 0.204. The lowest BCUT2D eigenvalue weighted by molar-refractivity contribution is -0.140. The zero-order valence-electron chi connectivity index (χ0n) is 14.7. The minimum Gasteiger partial charge on any atom is -0.480 e. The fourth-order valence-electron chi connectivity index (χ4n) is 2.30. The van der Waals surface area contributed by atoms with Gasteiger partial charge >= 0.3 is 5.97 Å². The number of amides is 1. The van der Waals surface area contributed by atoms with Crippen molar-refractivity contribution < 1.29 is 19.4 Å². The molecule has 1 amide bonds. The van der Waals surface area contributed by atoms with Crippen LogP contribution in [0.3, 0.4) is 0 Å². The first-order valence-corrected chi connectivity index (χ1v) is 8.17. The van der Waals surface area contributed by atoms with E-state index >= 15 is 0 Å². The van der Waals surface area contributed by atoms with Gasteiger partial charge in [-0.25, -0.2) is 4.79 Å². The Balaban J connectivity index is 2.03. The number of nitrogens with zero attached hydrogens (tertiary/aromatic N) is 1. The van der Waals surface area contributed by atoms with Crippen LogP contribution in [0.15, 0.2) is 48.8 Å². The van der Waals surface area contributed by atoms with E-state index in [4.69, 9.17) is 4.74 Å². The molecule has 1 heterocycles. The molecule has 1 aromatic heterocycles. The lowest BCUT2D eigenvalue weighted by atomic mass is 10.1. The van der Waals surface area contributed by atoms with Gasteiger partial charge in [-0.2, -0.15) is 0 Å². The average Bonchev–Trinajstić information content (AvgIpc) is 3.07. The maximum Gasteiger partial charge on any atom is 0.326 e. The molecular weight excluding hydrogens is 320 g/mol. The summed E-state index contributed by atoms with van der Waals surface area (Å²) in [6.45, 7) is 5.94. The summed E-state index contributed by atoms with van der Waals surface area (Å²) in [5.74, 6) is -1.50. The number of benzene rings is 1. The largest absolute Gasteiger partial charge is 0.480 e. The molecule has 1 unspecified atom stereocenters. The Labute approximate surface area is 147 Å². The first-order valence-electron chi connectivity index (χ1n) is 8.17. The van der Waals surface area contributed by atoms with E-state index in [-0.39, 0.29) is 18.6 Å². The summed E-state index contributed by atoms with van der Waals surface area (Å²) in [4.78, 5) is 23.8. The van der Waals surface area contributed by atoms with E-state index in [2.05, 4.69) is 5.32 Å². The standard InChI is InChI=1S/C19H24N2O4/c1-19(2,3)25-12-9-16(18(23)24)20-17(22)14-7-6-8-15(13-14)21-10-4-5-11-21/h4-8,10-11,13,16H,9,12H2,1-3H3,(H,20,22)(H,23,24). The molecule has 2 N–H and O–H groups in total. The van der Waals surface area contributed by atoms with Gasteiger partial charge in [-0.05, 0) is 51.1 Å². The van der Waals surface area contributed by atoms with Crippen LogP contribution in [0.25, 0.3) is 5.69 Å². The molecule has 0 saturated heterocycles. The zero-order valence-corrected chi connectivity index (χ0v) is 14.7. The van der Waals surface area contributed by atoms with Gasteiger partial charge in [0.15, 0.2) is 0 Å². The summed E-state index contributed by atoms with van der Waals surface area (Å²) in [5, 5.41) is 11.9. The van der Waals surface area contributed by atoms with E-state index in [1.54, 1.807) is 18.2 Å². The highest BCUT2D eigenvalue weighted by molar-refractivity contribution is 5.97. The number of hydrogen-bond donors (Lipinski definition) is 2. The number of hydrogen-bond acceptors (Lipinski definition) is 3. The smallest absolute Gasteiger partial charge is 0.326 e. The number of aromatic nitrogens is 1. The topological polar surface area (TPSA) is 80.6 Å². The second kappa shape index (κ2) is 7.98. The first-order chi connectivity index (χ1) is 11.8. The number of ether oxygens (including phenoxy) is 1. The highest BCUT2D eigenvalue weighted by atomic mass is 16.5. The van der Waals surface area contributed by atoms with E-state index in [1.807, 2.05) is 55.9 Å². The van der Waals surface area contributed by atoms with Gasteiger partial charge in [0.05, 0.1) is 5.60 Å². The van der Waals surface area contributed by atoms with Gasteiger partial charge in [0, 0.05) is 36.7 Å². The fraction of sp³-hybridized carbons (Fsp3) is 0.368. The van der Waals surface area contributed by atoms with Crippen LogP contribution in [0.5, 0.6) is 0 Å². The number of nitrogens with one attached hydrogen (secondary N) is 1. The second-order valence-electron chi connectivity index (χ2n) is 6.75. The molecule has 0 aliphatic rings. The molecule has 134 valence electrons. The molecule has 0 aliphatic carbocycles. The van der Waals surface area contributed by atoms with E-state index in [0.29, 0.717) is 5.56 Å². The van der Waals surface area contributed by atoms with Crippen molar-refractivity contribution in [2.45, 2.75) is 38.8 Å². The molecule has 0 bridgehead atoms. The summed E-state index contributed by atoms with van der Waals surface area (Å²) < 4.78 is 7.42. The lowest BCUT2D eigenvalue weighted by Crippen LogP contribution is -2.42. The summed E-state index contributed by atoms with van der Waals surface area (Å²) in [6, 6.07) is 9.81. The number of carbonyl (C=O) groups is 2. The van der Waals surface area contributed by atoms with Gasteiger partial charge in [-0.15, -0.1) is 0 Å². The van der Waals surface area contributed by atoms with Crippen LogP contribution in [0, 0.1) is 0 Å². The third kappa shape index (κ3) is 5.76. The predicted octanol–water partition coefficient (Wildman–Crippen LogP) is 2.87. The molecule has 0 spiro atoms. The molecule has 0 aliphatic heterocycles. The molecule has 2 aromatic rings. The molecule has 1 aromatic carbocycles. The Morgan fingerprint density at radius 2 is 1.88 bits per heavy atom. The van der Waals surface area contributed by atoms with Crippen LogP contribution in [0.1, 0.15) is 37.6 Å². The maximum absolute atomic E-state index is 12.4. The average molecular weight is 344 g/mol. The van der Waals surface area contributed by atoms with Crippen molar-refractivity contribution >= 4 is 11.9 Å². The monoisotopic (exact) mass is 344 g/mol. The van der Waals surface area contributed by atoms with Gasteiger partial charge in [0.1, 0.15) is 6.04 Å². The van der Waals surface area contributed by atoms with Gasteiger partial charge in [-0.3, -0.25) is 4.79 Å².